The molecule has 0 aliphatic rings. The number of hydrogen-bond acceptors (Lipinski definition) is 4. The van der Waals surface area contributed by atoms with E-state index < -0.39 is 0 Å². The molecule has 1 aromatic heterocycles. The van der Waals surface area contributed by atoms with Gasteiger partial charge in [-0.25, -0.2) is 4.98 Å². The lowest BCUT2D eigenvalue weighted by molar-refractivity contribution is 0.102. The number of hydrogen-bond donors (Lipinski definition) is 1. The summed E-state index contributed by atoms with van der Waals surface area (Å²) in [7, 11) is 1.58. The van der Waals surface area contributed by atoms with Crippen LogP contribution in [-0.4, -0.2) is 18.0 Å². The summed E-state index contributed by atoms with van der Waals surface area (Å²) in [6, 6.07) is 10.8. The van der Waals surface area contributed by atoms with E-state index in [1.54, 1.807) is 25.3 Å². The highest BCUT2D eigenvalue weighted by Crippen LogP contribution is 2.29. The number of carbonyl (C=O) groups is 1. The zero-order valence-electron chi connectivity index (χ0n) is 12.0. The number of rotatable bonds is 3. The SMILES string of the molecule is COc1cc(C(=O)Nc2nc3ccc(Cl)cc3s2)ccc1C. The monoisotopic (exact) mass is 332 g/mol. The van der Waals surface area contributed by atoms with Crippen LogP contribution in [0.5, 0.6) is 5.75 Å². The molecule has 0 atom stereocenters. The molecular formula is C16H13ClN2O2S. The maximum Gasteiger partial charge on any atom is 0.257 e. The molecule has 0 saturated heterocycles. The van der Waals surface area contributed by atoms with Crippen molar-refractivity contribution >= 4 is 44.2 Å². The van der Waals surface area contributed by atoms with E-state index in [9.17, 15) is 4.79 Å². The van der Waals surface area contributed by atoms with Crippen molar-refractivity contribution < 1.29 is 9.53 Å². The first-order valence-electron chi connectivity index (χ1n) is 6.59. The number of methoxy groups -OCH3 is 1. The van der Waals surface area contributed by atoms with Gasteiger partial charge in [0.15, 0.2) is 5.13 Å². The number of fused-ring (bicyclic) bond motifs is 1. The molecule has 0 fully saturated rings. The fourth-order valence-electron chi connectivity index (χ4n) is 2.08. The van der Waals surface area contributed by atoms with E-state index in [0.717, 1.165) is 15.8 Å². The number of thiazole rings is 1. The second kappa shape index (κ2) is 5.94. The van der Waals surface area contributed by atoms with Gasteiger partial charge in [-0.1, -0.05) is 29.0 Å². The van der Waals surface area contributed by atoms with Crippen LogP contribution >= 0.6 is 22.9 Å². The Labute approximate surface area is 136 Å². The number of halogens is 1. The van der Waals surface area contributed by atoms with Crippen LogP contribution < -0.4 is 10.1 Å². The van der Waals surface area contributed by atoms with Crippen LogP contribution in [0.3, 0.4) is 0 Å². The Morgan fingerprint density at radius 3 is 2.86 bits per heavy atom. The fourth-order valence-corrected chi connectivity index (χ4v) is 3.22. The Kier molecular flexibility index (Phi) is 4.00. The number of nitrogens with one attached hydrogen (secondary N) is 1. The van der Waals surface area contributed by atoms with Gasteiger partial charge in [0, 0.05) is 10.6 Å². The largest absolute Gasteiger partial charge is 0.496 e. The van der Waals surface area contributed by atoms with E-state index in [-0.39, 0.29) is 5.91 Å². The second-order valence-electron chi connectivity index (χ2n) is 4.77. The molecule has 6 heteroatoms. The van der Waals surface area contributed by atoms with E-state index in [2.05, 4.69) is 10.3 Å². The fraction of sp³-hybridized carbons (Fsp3) is 0.125. The number of aryl methyl sites for hydroxylation is 1. The van der Waals surface area contributed by atoms with Crippen molar-refractivity contribution in [2.24, 2.45) is 0 Å². The van der Waals surface area contributed by atoms with Crippen molar-refractivity contribution in [3.05, 3.63) is 52.5 Å². The second-order valence-corrected chi connectivity index (χ2v) is 6.24. The van der Waals surface area contributed by atoms with Crippen molar-refractivity contribution in [3.8, 4) is 5.75 Å². The summed E-state index contributed by atoms with van der Waals surface area (Å²) in [6.45, 7) is 1.93. The summed E-state index contributed by atoms with van der Waals surface area (Å²) in [5, 5.41) is 4.00. The standard InChI is InChI=1S/C16H13ClN2O2S/c1-9-3-4-10(7-13(9)21-2)15(20)19-16-18-12-6-5-11(17)8-14(12)22-16/h3-8H,1-2H3,(H,18,19,20). The van der Waals surface area contributed by atoms with E-state index in [1.165, 1.54) is 11.3 Å². The smallest absolute Gasteiger partial charge is 0.257 e. The minimum atomic E-state index is -0.219. The predicted octanol–water partition coefficient (Wildman–Crippen LogP) is 4.52. The van der Waals surface area contributed by atoms with Gasteiger partial charge < -0.3 is 4.74 Å². The van der Waals surface area contributed by atoms with Gasteiger partial charge in [-0.05, 0) is 42.8 Å². The summed E-state index contributed by atoms with van der Waals surface area (Å²) in [4.78, 5) is 16.7. The minimum absolute atomic E-state index is 0.219. The van der Waals surface area contributed by atoms with Gasteiger partial charge in [0.25, 0.3) is 5.91 Å². The van der Waals surface area contributed by atoms with Gasteiger partial charge in [0.2, 0.25) is 0 Å². The van der Waals surface area contributed by atoms with Gasteiger partial charge in [0.05, 0.1) is 17.3 Å². The lowest BCUT2D eigenvalue weighted by Gasteiger charge is -2.07. The number of anilines is 1. The van der Waals surface area contributed by atoms with Crippen LogP contribution in [0, 0.1) is 6.92 Å². The molecule has 0 aliphatic heterocycles. The van der Waals surface area contributed by atoms with Gasteiger partial charge in [-0.2, -0.15) is 0 Å². The number of carbonyl (C=O) groups excluding carboxylic acids is 1. The molecule has 3 rings (SSSR count). The van der Waals surface area contributed by atoms with Crippen molar-refractivity contribution in [1.82, 2.24) is 4.98 Å². The molecule has 1 amide bonds. The first kappa shape index (κ1) is 14.8. The number of ether oxygens (including phenoxy) is 1. The molecule has 3 aromatic rings. The van der Waals surface area contributed by atoms with Gasteiger partial charge >= 0.3 is 0 Å². The van der Waals surface area contributed by atoms with Crippen LogP contribution in [0.15, 0.2) is 36.4 Å². The molecule has 0 spiro atoms. The topological polar surface area (TPSA) is 51.2 Å². The van der Waals surface area contributed by atoms with Gasteiger partial charge in [-0.3, -0.25) is 10.1 Å². The van der Waals surface area contributed by atoms with Crippen LogP contribution in [0.25, 0.3) is 10.2 Å². The highest BCUT2D eigenvalue weighted by atomic mass is 35.5. The summed E-state index contributed by atoms with van der Waals surface area (Å²) in [5.41, 5.74) is 2.32. The number of benzene rings is 2. The van der Waals surface area contributed by atoms with Gasteiger partial charge in [0.1, 0.15) is 5.75 Å². The maximum atomic E-state index is 12.3. The first-order valence-corrected chi connectivity index (χ1v) is 7.78. The zero-order chi connectivity index (χ0) is 15.7. The molecule has 0 aliphatic carbocycles. The van der Waals surface area contributed by atoms with Crippen molar-refractivity contribution in [1.29, 1.82) is 0 Å². The molecule has 4 nitrogen and oxygen atoms in total. The third-order valence-corrected chi connectivity index (χ3v) is 4.41. The van der Waals surface area contributed by atoms with Crippen molar-refractivity contribution in [3.63, 3.8) is 0 Å². The molecule has 1 heterocycles. The highest BCUT2D eigenvalue weighted by Gasteiger charge is 2.12. The third-order valence-electron chi connectivity index (χ3n) is 3.24. The molecule has 0 unspecified atom stereocenters. The van der Waals surface area contributed by atoms with E-state index >= 15 is 0 Å². The molecule has 2 aromatic carbocycles. The lowest BCUT2D eigenvalue weighted by atomic mass is 10.1. The minimum Gasteiger partial charge on any atom is -0.496 e. The highest BCUT2D eigenvalue weighted by molar-refractivity contribution is 7.22. The summed E-state index contributed by atoms with van der Waals surface area (Å²) < 4.78 is 6.17. The molecule has 1 N–H and O–H groups in total. The summed E-state index contributed by atoms with van der Waals surface area (Å²) in [5.74, 6) is 0.465. The Morgan fingerprint density at radius 1 is 1.27 bits per heavy atom. The molecular weight excluding hydrogens is 320 g/mol. The first-order chi connectivity index (χ1) is 10.6. The van der Waals surface area contributed by atoms with Crippen LogP contribution in [-0.2, 0) is 0 Å². The van der Waals surface area contributed by atoms with Crippen molar-refractivity contribution in [2.45, 2.75) is 6.92 Å². The summed E-state index contributed by atoms with van der Waals surface area (Å²) >= 11 is 7.34. The van der Waals surface area contributed by atoms with E-state index in [0.29, 0.717) is 21.5 Å². The Balaban J connectivity index is 1.86. The molecule has 0 bridgehead atoms. The van der Waals surface area contributed by atoms with E-state index in [4.69, 9.17) is 16.3 Å². The molecule has 0 radical (unpaired) electrons. The lowest BCUT2D eigenvalue weighted by Crippen LogP contribution is -2.11. The van der Waals surface area contributed by atoms with Crippen molar-refractivity contribution in [2.75, 3.05) is 12.4 Å². The Morgan fingerprint density at radius 2 is 2.09 bits per heavy atom. The average molecular weight is 333 g/mol. The third kappa shape index (κ3) is 2.91. The normalized spacial score (nSPS) is 10.7. The quantitative estimate of drug-likeness (QED) is 0.767. The predicted molar refractivity (Wildman–Crippen MR) is 90.3 cm³/mol. The Bertz CT molecular complexity index is 860. The summed E-state index contributed by atoms with van der Waals surface area (Å²) in [6.07, 6.45) is 0. The number of amides is 1. The van der Waals surface area contributed by atoms with Crippen LogP contribution in [0.2, 0.25) is 5.02 Å². The number of nitrogens with zero attached hydrogens (tertiary/aromatic N) is 1. The van der Waals surface area contributed by atoms with E-state index in [1.807, 2.05) is 25.1 Å². The zero-order valence-corrected chi connectivity index (χ0v) is 13.6. The number of aromatic nitrogens is 1. The average Bonchev–Trinajstić information content (AvgIpc) is 2.88. The van der Waals surface area contributed by atoms with Gasteiger partial charge in [-0.15, -0.1) is 0 Å². The maximum absolute atomic E-state index is 12.3. The molecule has 112 valence electrons. The molecule has 22 heavy (non-hydrogen) atoms. The molecule has 0 saturated carbocycles. The Hall–Kier alpha value is -2.11. The van der Waals surface area contributed by atoms with Crippen LogP contribution in [0.1, 0.15) is 15.9 Å². The van der Waals surface area contributed by atoms with Crippen LogP contribution in [0.4, 0.5) is 5.13 Å².